The number of nitrogens with one attached hydrogen (secondary N) is 2. The molecule has 2 aromatic rings. The first-order valence-electron chi connectivity index (χ1n) is 6.56. The summed E-state index contributed by atoms with van der Waals surface area (Å²) in [6, 6.07) is 7.54. The van der Waals surface area contributed by atoms with Crippen molar-refractivity contribution in [1.82, 2.24) is 25.5 Å². The Kier molecular flexibility index (Phi) is 4.78. The van der Waals surface area contributed by atoms with E-state index in [0.717, 1.165) is 12.2 Å². The van der Waals surface area contributed by atoms with Gasteiger partial charge in [-0.25, -0.2) is 0 Å². The summed E-state index contributed by atoms with van der Waals surface area (Å²) in [5.74, 6) is -0.0426. The van der Waals surface area contributed by atoms with Gasteiger partial charge in [0.1, 0.15) is 6.33 Å². The zero-order chi connectivity index (χ0) is 14.4. The molecule has 1 aromatic heterocycles. The van der Waals surface area contributed by atoms with Crippen molar-refractivity contribution in [3.8, 4) is 5.69 Å². The van der Waals surface area contributed by atoms with Gasteiger partial charge in [0.15, 0.2) is 0 Å². The summed E-state index contributed by atoms with van der Waals surface area (Å²) < 4.78 is 1.52. The molecule has 0 bridgehead atoms. The van der Waals surface area contributed by atoms with Crippen LogP contribution < -0.4 is 10.6 Å². The molecule has 0 aliphatic carbocycles. The molecule has 1 aromatic carbocycles. The van der Waals surface area contributed by atoms with E-state index in [0.29, 0.717) is 12.1 Å². The number of anilines is 1. The van der Waals surface area contributed by atoms with Gasteiger partial charge in [-0.2, -0.15) is 4.68 Å². The third-order valence-electron chi connectivity index (χ3n) is 2.82. The van der Waals surface area contributed by atoms with Crippen LogP contribution in [0.5, 0.6) is 0 Å². The van der Waals surface area contributed by atoms with Crippen LogP contribution in [-0.4, -0.2) is 38.7 Å². The van der Waals surface area contributed by atoms with Crippen LogP contribution in [0.15, 0.2) is 30.6 Å². The molecular formula is C13H18N6O. The topological polar surface area (TPSA) is 84.7 Å². The summed E-state index contributed by atoms with van der Waals surface area (Å²) in [4.78, 5) is 12.0. The van der Waals surface area contributed by atoms with Crippen molar-refractivity contribution >= 4 is 11.6 Å². The summed E-state index contributed by atoms with van der Waals surface area (Å²) in [6.45, 7) is 4.84. The number of benzene rings is 1. The molecule has 1 amide bonds. The Morgan fingerprint density at radius 3 is 2.90 bits per heavy atom. The van der Waals surface area contributed by atoms with Crippen LogP contribution in [0.25, 0.3) is 5.69 Å². The first kappa shape index (κ1) is 14.1. The average Bonchev–Trinajstić information content (AvgIpc) is 2.93. The van der Waals surface area contributed by atoms with Gasteiger partial charge >= 0.3 is 0 Å². The Morgan fingerprint density at radius 1 is 1.40 bits per heavy atom. The minimum atomic E-state index is -0.0426. The Bertz CT molecular complexity index is 554. The zero-order valence-electron chi connectivity index (χ0n) is 11.6. The number of amides is 1. The van der Waals surface area contributed by atoms with Crippen LogP contribution in [-0.2, 0) is 4.79 Å². The number of carbonyl (C=O) groups excluding carboxylic acids is 1. The van der Waals surface area contributed by atoms with Crippen LogP contribution in [0.4, 0.5) is 5.69 Å². The highest BCUT2D eigenvalue weighted by Gasteiger charge is 2.11. The summed E-state index contributed by atoms with van der Waals surface area (Å²) in [5.41, 5.74) is 1.43. The number of para-hydroxylation sites is 2. The number of tetrazole rings is 1. The molecule has 0 saturated heterocycles. The third kappa shape index (κ3) is 3.61. The molecule has 1 heterocycles. The van der Waals surface area contributed by atoms with E-state index >= 15 is 0 Å². The van der Waals surface area contributed by atoms with Gasteiger partial charge in [0.05, 0.1) is 11.4 Å². The molecule has 0 aliphatic heterocycles. The van der Waals surface area contributed by atoms with Gasteiger partial charge in [0.2, 0.25) is 5.91 Å². The van der Waals surface area contributed by atoms with Gasteiger partial charge in [-0.15, -0.1) is 5.10 Å². The average molecular weight is 274 g/mol. The van der Waals surface area contributed by atoms with E-state index < -0.39 is 0 Å². The van der Waals surface area contributed by atoms with Gasteiger partial charge in [-0.05, 0) is 36.0 Å². The monoisotopic (exact) mass is 274 g/mol. The zero-order valence-corrected chi connectivity index (χ0v) is 11.6. The van der Waals surface area contributed by atoms with Gasteiger partial charge in [-0.1, -0.05) is 19.1 Å². The molecule has 1 atom stereocenters. The first-order valence-corrected chi connectivity index (χ1v) is 6.56. The number of nitrogens with zero attached hydrogens (tertiary/aromatic N) is 4. The predicted molar refractivity (Wildman–Crippen MR) is 75.5 cm³/mol. The molecule has 7 heteroatoms. The molecular weight excluding hydrogens is 256 g/mol. The molecule has 0 aliphatic rings. The lowest BCUT2D eigenvalue weighted by Crippen LogP contribution is -2.30. The molecule has 0 radical (unpaired) electrons. The van der Waals surface area contributed by atoms with Crippen molar-refractivity contribution in [3.05, 3.63) is 30.6 Å². The molecule has 106 valence electrons. The molecule has 1 unspecified atom stereocenters. The van der Waals surface area contributed by atoms with Crippen molar-refractivity contribution in [3.63, 3.8) is 0 Å². The summed E-state index contributed by atoms with van der Waals surface area (Å²) in [6.07, 6.45) is 1.91. The van der Waals surface area contributed by atoms with Gasteiger partial charge in [-0.3, -0.25) is 4.79 Å². The normalized spacial score (nSPS) is 12.1. The Hall–Kier alpha value is -2.28. The quantitative estimate of drug-likeness (QED) is 0.820. The highest BCUT2D eigenvalue weighted by molar-refractivity contribution is 5.93. The number of aromatic nitrogens is 4. The fourth-order valence-corrected chi connectivity index (χ4v) is 1.95. The molecule has 0 saturated carbocycles. The van der Waals surface area contributed by atoms with Gasteiger partial charge in [0, 0.05) is 12.5 Å². The van der Waals surface area contributed by atoms with Crippen LogP contribution >= 0.6 is 0 Å². The molecule has 7 nitrogen and oxygen atoms in total. The van der Waals surface area contributed by atoms with Gasteiger partial charge in [0.25, 0.3) is 0 Å². The summed E-state index contributed by atoms with van der Waals surface area (Å²) in [7, 11) is 0. The van der Waals surface area contributed by atoms with E-state index in [1.807, 2.05) is 38.1 Å². The SMILES string of the molecule is CCNC(C)CC(=O)Nc1ccccc1-n1cnnn1. The molecule has 2 rings (SSSR count). The van der Waals surface area contributed by atoms with Crippen LogP contribution in [0.2, 0.25) is 0 Å². The second kappa shape index (κ2) is 6.76. The second-order valence-electron chi connectivity index (χ2n) is 4.48. The summed E-state index contributed by atoms with van der Waals surface area (Å²) >= 11 is 0. The minimum absolute atomic E-state index is 0.0426. The number of hydrogen-bond acceptors (Lipinski definition) is 5. The molecule has 0 fully saturated rings. The Balaban J connectivity index is 2.08. The van der Waals surface area contributed by atoms with Crippen LogP contribution in [0, 0.1) is 0 Å². The highest BCUT2D eigenvalue weighted by Crippen LogP contribution is 2.18. The van der Waals surface area contributed by atoms with Gasteiger partial charge < -0.3 is 10.6 Å². The minimum Gasteiger partial charge on any atom is -0.324 e. The fraction of sp³-hybridized carbons (Fsp3) is 0.385. The van der Waals surface area contributed by atoms with E-state index in [9.17, 15) is 4.79 Å². The van der Waals surface area contributed by atoms with E-state index in [4.69, 9.17) is 0 Å². The Morgan fingerprint density at radius 2 is 2.20 bits per heavy atom. The van der Waals surface area contributed by atoms with E-state index in [2.05, 4.69) is 26.2 Å². The van der Waals surface area contributed by atoms with Crippen molar-refractivity contribution < 1.29 is 4.79 Å². The lowest BCUT2D eigenvalue weighted by Gasteiger charge is -2.13. The third-order valence-corrected chi connectivity index (χ3v) is 2.82. The van der Waals surface area contributed by atoms with Crippen LogP contribution in [0.1, 0.15) is 20.3 Å². The van der Waals surface area contributed by atoms with Crippen molar-refractivity contribution in [2.75, 3.05) is 11.9 Å². The summed E-state index contributed by atoms with van der Waals surface area (Å²) in [5, 5.41) is 17.1. The maximum absolute atomic E-state index is 12.0. The number of carbonyl (C=O) groups is 1. The highest BCUT2D eigenvalue weighted by atomic mass is 16.1. The fourth-order valence-electron chi connectivity index (χ4n) is 1.95. The van der Waals surface area contributed by atoms with E-state index in [-0.39, 0.29) is 11.9 Å². The maximum Gasteiger partial charge on any atom is 0.225 e. The van der Waals surface area contributed by atoms with Crippen molar-refractivity contribution in [2.24, 2.45) is 0 Å². The molecule has 0 spiro atoms. The lowest BCUT2D eigenvalue weighted by atomic mass is 10.2. The van der Waals surface area contributed by atoms with E-state index in [1.165, 1.54) is 11.0 Å². The predicted octanol–water partition coefficient (Wildman–Crippen LogP) is 0.989. The second-order valence-corrected chi connectivity index (χ2v) is 4.48. The smallest absolute Gasteiger partial charge is 0.225 e. The maximum atomic E-state index is 12.0. The van der Waals surface area contributed by atoms with E-state index in [1.54, 1.807) is 0 Å². The first-order chi connectivity index (χ1) is 9.70. The van der Waals surface area contributed by atoms with Crippen molar-refractivity contribution in [1.29, 1.82) is 0 Å². The number of rotatable bonds is 6. The molecule has 20 heavy (non-hydrogen) atoms. The standard InChI is InChI=1S/C13H18N6O/c1-3-14-10(2)8-13(20)16-11-6-4-5-7-12(11)19-9-15-17-18-19/h4-7,9-10,14H,3,8H2,1-2H3,(H,16,20). The number of hydrogen-bond donors (Lipinski definition) is 2. The Labute approximate surface area is 117 Å². The largest absolute Gasteiger partial charge is 0.324 e. The molecule has 2 N–H and O–H groups in total. The van der Waals surface area contributed by atoms with Crippen molar-refractivity contribution in [2.45, 2.75) is 26.3 Å². The van der Waals surface area contributed by atoms with Crippen LogP contribution in [0.3, 0.4) is 0 Å². The lowest BCUT2D eigenvalue weighted by molar-refractivity contribution is -0.116.